The van der Waals surface area contributed by atoms with Crippen molar-refractivity contribution in [3.05, 3.63) is 53.6 Å². The molecule has 4 saturated carbocycles. The predicted octanol–water partition coefficient (Wildman–Crippen LogP) is 8.56. The molecule has 1 aromatic carbocycles. The maximum Gasteiger partial charge on any atom is 0.335 e. The molecule has 0 unspecified atom stereocenters. The molecule has 0 bridgehead atoms. The first kappa shape index (κ1) is 36.8. The topological polar surface area (TPSA) is 107 Å². The average Bonchev–Trinajstić information content (AvgIpc) is 3.45. The van der Waals surface area contributed by atoms with Crippen LogP contribution in [0.25, 0.3) is 5.57 Å². The molecule has 7 nitrogen and oxygen atoms in total. The molecule has 0 spiro atoms. The van der Waals surface area contributed by atoms with E-state index in [1.54, 1.807) is 12.1 Å². The van der Waals surface area contributed by atoms with E-state index < -0.39 is 11.9 Å². The molecule has 5 aliphatic rings. The quantitative estimate of drug-likeness (QED) is 0.213. The smallest absolute Gasteiger partial charge is 0.335 e. The lowest BCUT2D eigenvalue weighted by molar-refractivity contribution is -0.225. The maximum absolute atomic E-state index is 14.4. The van der Waals surface area contributed by atoms with E-state index in [1.165, 1.54) is 30.4 Å². The van der Waals surface area contributed by atoms with Crippen LogP contribution in [0.1, 0.15) is 122 Å². The lowest BCUT2D eigenvalue weighted by Gasteiger charge is -2.72. The van der Waals surface area contributed by atoms with E-state index in [9.17, 15) is 24.6 Å². The summed E-state index contributed by atoms with van der Waals surface area (Å²) in [7, 11) is 0. The molecule has 7 heteroatoms. The molecule has 6 rings (SSSR count). The zero-order valence-electron chi connectivity index (χ0n) is 31.7. The molecule has 1 amide bonds. The van der Waals surface area contributed by atoms with E-state index in [1.807, 2.05) is 24.0 Å². The van der Waals surface area contributed by atoms with Crippen molar-refractivity contribution >= 4 is 23.4 Å². The highest BCUT2D eigenvalue weighted by molar-refractivity contribution is 5.88. The van der Waals surface area contributed by atoms with Crippen LogP contribution in [-0.2, 0) is 9.59 Å². The van der Waals surface area contributed by atoms with Gasteiger partial charge in [-0.1, -0.05) is 71.9 Å². The van der Waals surface area contributed by atoms with Crippen LogP contribution in [0.15, 0.2) is 42.5 Å². The Morgan fingerprint density at radius 2 is 1.60 bits per heavy atom. The summed E-state index contributed by atoms with van der Waals surface area (Å²) in [5.41, 5.74) is 4.07. The second-order valence-corrected chi connectivity index (χ2v) is 18.3. The van der Waals surface area contributed by atoms with Gasteiger partial charge in [0, 0.05) is 13.1 Å². The molecule has 0 radical (unpaired) electrons. The first-order chi connectivity index (χ1) is 23.5. The molecule has 4 fully saturated rings. The Hall–Kier alpha value is -2.93. The molecule has 1 aromatic rings. The van der Waals surface area contributed by atoms with Crippen LogP contribution in [0.4, 0.5) is 0 Å². The minimum atomic E-state index is -0.888. The average molecular weight is 687 g/mol. The minimum Gasteiger partial charge on any atom is -0.480 e. The first-order valence-electron chi connectivity index (χ1n) is 19.4. The second kappa shape index (κ2) is 12.9. The number of rotatable bonds is 10. The number of hydrogen-bond donors (Lipinski definition) is 3. The number of carbonyl (C=O) groups is 3. The monoisotopic (exact) mass is 686 g/mol. The largest absolute Gasteiger partial charge is 0.480 e. The number of amides is 1. The van der Waals surface area contributed by atoms with Gasteiger partial charge in [-0.2, -0.15) is 0 Å². The van der Waals surface area contributed by atoms with Crippen LogP contribution in [-0.4, -0.2) is 59.1 Å². The maximum atomic E-state index is 14.4. The highest BCUT2D eigenvalue weighted by atomic mass is 16.4. The Morgan fingerprint density at radius 3 is 2.22 bits per heavy atom. The number of hydrogen-bond acceptors (Lipinski definition) is 4. The fourth-order valence-electron chi connectivity index (χ4n) is 13.5. The van der Waals surface area contributed by atoms with Crippen LogP contribution in [0.5, 0.6) is 0 Å². The molecule has 9 atom stereocenters. The van der Waals surface area contributed by atoms with Crippen molar-refractivity contribution in [3.63, 3.8) is 0 Å². The van der Waals surface area contributed by atoms with Crippen molar-refractivity contribution in [3.8, 4) is 0 Å². The number of carbonyl (C=O) groups excluding carboxylic acids is 1. The van der Waals surface area contributed by atoms with E-state index in [-0.39, 0.29) is 45.4 Å². The molecule has 274 valence electrons. The van der Waals surface area contributed by atoms with E-state index >= 15 is 0 Å². The van der Waals surface area contributed by atoms with Crippen molar-refractivity contribution in [2.24, 2.45) is 56.7 Å². The number of nitrogens with one attached hydrogen (secondary N) is 1. The van der Waals surface area contributed by atoms with Crippen LogP contribution in [0.3, 0.4) is 0 Å². The molecular formula is C43H62N2O5. The number of aromatic carboxylic acids is 1. The van der Waals surface area contributed by atoms with Crippen molar-refractivity contribution in [1.29, 1.82) is 0 Å². The van der Waals surface area contributed by atoms with E-state index in [4.69, 9.17) is 0 Å². The fourth-order valence-corrected chi connectivity index (χ4v) is 13.5. The molecule has 0 aromatic heterocycles. The Morgan fingerprint density at radius 1 is 0.900 bits per heavy atom. The second-order valence-electron chi connectivity index (χ2n) is 18.3. The van der Waals surface area contributed by atoms with Crippen molar-refractivity contribution in [2.75, 3.05) is 26.2 Å². The summed E-state index contributed by atoms with van der Waals surface area (Å²) in [5.74, 6) is 0.667. The summed E-state index contributed by atoms with van der Waals surface area (Å²) < 4.78 is 0. The standard InChI is InChI=1S/C43H62N2O5/c1-9-45(26-35(46)47)25-24-44-38(50)43-21-16-30(27(2)3)36(43)32-14-15-34-40(6)19-17-31(28-10-12-29(13-11-28)37(48)49)39(4,5)33(40)18-20-42(34,8)41(32,7)22-23-43/h10-13,17,30,32-34,36H,2,9,14-16,18-26H2,1,3-8H3,(H,44,50)(H,46,47)(H,48,49)/t30-,32+,33-,34+,36+,40-,41+,42+,43-/m0/s1. The van der Waals surface area contributed by atoms with E-state index in [0.29, 0.717) is 48.9 Å². The summed E-state index contributed by atoms with van der Waals surface area (Å²) in [6.45, 7) is 23.0. The van der Waals surface area contributed by atoms with Gasteiger partial charge >= 0.3 is 11.9 Å². The van der Waals surface area contributed by atoms with Gasteiger partial charge in [0.2, 0.25) is 5.91 Å². The van der Waals surface area contributed by atoms with Crippen LogP contribution in [0.2, 0.25) is 0 Å². The Kier molecular flexibility index (Phi) is 9.53. The Labute approximate surface area is 300 Å². The van der Waals surface area contributed by atoms with E-state index in [0.717, 1.165) is 44.1 Å². The molecule has 50 heavy (non-hydrogen) atoms. The summed E-state index contributed by atoms with van der Waals surface area (Å²) in [4.78, 5) is 39.2. The molecule has 3 N–H and O–H groups in total. The van der Waals surface area contributed by atoms with Gasteiger partial charge in [0.1, 0.15) is 0 Å². The lowest BCUT2D eigenvalue weighted by Crippen LogP contribution is -2.66. The molecular weight excluding hydrogens is 624 g/mol. The van der Waals surface area contributed by atoms with Crippen molar-refractivity contribution in [1.82, 2.24) is 10.2 Å². The predicted molar refractivity (Wildman–Crippen MR) is 198 cm³/mol. The molecule has 0 aliphatic heterocycles. The van der Waals surface area contributed by atoms with Gasteiger partial charge in [0.05, 0.1) is 17.5 Å². The number of likely N-dealkylation sites (N-methyl/N-ethyl adjacent to an activating group) is 1. The number of fused-ring (bicyclic) bond motifs is 7. The van der Waals surface area contributed by atoms with Crippen molar-refractivity contribution < 1.29 is 24.6 Å². The summed E-state index contributed by atoms with van der Waals surface area (Å²) in [6.07, 6.45) is 12.2. The summed E-state index contributed by atoms with van der Waals surface area (Å²) in [6, 6.07) is 7.48. The SMILES string of the molecule is C=C(C)[C@@H]1CC[C@]2(C(=O)NCCN(CC)CC(=O)O)CC[C@]3(C)[C@H](CC[C@@H]4[C@@]5(C)CC=C(c6ccc(C(=O)O)cc6)C(C)(C)[C@@H]5CC[C@]43C)[C@@H]12. The minimum absolute atomic E-state index is 0.00794. The fraction of sp³-hybridized carbons (Fsp3) is 0.698. The number of benzene rings is 1. The molecule has 5 aliphatic carbocycles. The van der Waals surface area contributed by atoms with Gasteiger partial charge in [0.25, 0.3) is 0 Å². The van der Waals surface area contributed by atoms with Crippen LogP contribution >= 0.6 is 0 Å². The summed E-state index contributed by atoms with van der Waals surface area (Å²) >= 11 is 0. The summed E-state index contributed by atoms with van der Waals surface area (Å²) in [5, 5.41) is 22.1. The van der Waals surface area contributed by atoms with Gasteiger partial charge < -0.3 is 15.5 Å². The van der Waals surface area contributed by atoms with Gasteiger partial charge in [-0.25, -0.2) is 4.79 Å². The number of carboxylic acids is 2. The van der Waals surface area contributed by atoms with Gasteiger partial charge in [-0.15, -0.1) is 0 Å². The van der Waals surface area contributed by atoms with Gasteiger partial charge in [-0.3, -0.25) is 14.5 Å². The van der Waals surface area contributed by atoms with Crippen LogP contribution in [0, 0.1) is 56.7 Å². The zero-order chi connectivity index (χ0) is 36.4. The molecule has 0 saturated heterocycles. The zero-order valence-corrected chi connectivity index (χ0v) is 31.7. The van der Waals surface area contributed by atoms with Gasteiger partial charge in [0.15, 0.2) is 0 Å². The highest BCUT2D eigenvalue weighted by Crippen LogP contribution is 2.77. The van der Waals surface area contributed by atoms with Gasteiger partial charge in [-0.05, 0) is 146 Å². The molecule has 0 heterocycles. The number of nitrogens with zero attached hydrogens (tertiary/aromatic N) is 1. The number of carboxylic acid groups (broad SMARTS) is 2. The lowest BCUT2D eigenvalue weighted by atomic mass is 9.32. The Bertz CT molecular complexity index is 1560. The Balaban J connectivity index is 1.28. The van der Waals surface area contributed by atoms with Crippen molar-refractivity contribution in [2.45, 2.75) is 106 Å². The third kappa shape index (κ3) is 5.51. The number of allylic oxidation sites excluding steroid dienone is 3. The third-order valence-corrected chi connectivity index (χ3v) is 16.1. The normalized spacial score (nSPS) is 38.6. The first-order valence-corrected chi connectivity index (χ1v) is 19.4. The van der Waals surface area contributed by atoms with E-state index in [2.05, 4.69) is 59.5 Å². The highest BCUT2D eigenvalue weighted by Gasteiger charge is 2.71. The third-order valence-electron chi connectivity index (χ3n) is 16.1. The number of aliphatic carboxylic acids is 1. The van der Waals surface area contributed by atoms with Crippen LogP contribution < -0.4 is 5.32 Å².